The maximum atomic E-state index is 11.0. The van der Waals surface area contributed by atoms with E-state index in [-0.39, 0.29) is 18.4 Å². The van der Waals surface area contributed by atoms with E-state index in [1.165, 1.54) is 12.7 Å². The summed E-state index contributed by atoms with van der Waals surface area (Å²) in [6.07, 6.45) is 1.90. The summed E-state index contributed by atoms with van der Waals surface area (Å²) in [6.45, 7) is 0.292. The predicted molar refractivity (Wildman–Crippen MR) is 70.5 cm³/mol. The second-order valence-corrected chi connectivity index (χ2v) is 4.61. The number of carbonyl (C=O) groups excluding carboxylic acids is 1. The normalized spacial score (nSPS) is 16.9. The molecule has 0 spiro atoms. The van der Waals surface area contributed by atoms with Crippen molar-refractivity contribution < 1.29 is 19.0 Å². The fraction of sp³-hybridized carbons (Fsp3) is 0.500. The molecule has 0 heterocycles. The lowest BCUT2D eigenvalue weighted by Gasteiger charge is -2.11. The minimum atomic E-state index is -0.282. The van der Waals surface area contributed by atoms with Gasteiger partial charge in [-0.2, -0.15) is 0 Å². The van der Waals surface area contributed by atoms with Gasteiger partial charge in [-0.25, -0.2) is 0 Å². The molecule has 1 aromatic rings. The molecule has 1 aliphatic rings. The molecular weight excluding hydrogens is 246 g/mol. The van der Waals surface area contributed by atoms with Crippen LogP contribution in [0.15, 0.2) is 12.1 Å². The molecule has 0 saturated carbocycles. The zero-order valence-corrected chi connectivity index (χ0v) is 11.3. The lowest BCUT2D eigenvalue weighted by molar-refractivity contribution is -0.141. The first-order valence-electron chi connectivity index (χ1n) is 6.29. The summed E-state index contributed by atoms with van der Waals surface area (Å²) in [6, 6.07) is 3.96. The Hall–Kier alpha value is -1.75. The van der Waals surface area contributed by atoms with E-state index < -0.39 is 0 Å². The summed E-state index contributed by atoms with van der Waals surface area (Å²) in [5.74, 6) is 1.22. The van der Waals surface area contributed by atoms with E-state index in [0.717, 1.165) is 24.2 Å². The van der Waals surface area contributed by atoms with Crippen molar-refractivity contribution >= 4 is 5.97 Å². The van der Waals surface area contributed by atoms with Crippen LogP contribution >= 0.6 is 0 Å². The smallest absolute Gasteiger partial charge is 0.308 e. The average molecular weight is 265 g/mol. The molecule has 5 heteroatoms. The molecule has 2 N–H and O–H groups in total. The lowest BCUT2D eigenvalue weighted by atomic mass is 10.1. The van der Waals surface area contributed by atoms with E-state index in [4.69, 9.17) is 15.2 Å². The van der Waals surface area contributed by atoms with Crippen LogP contribution in [-0.4, -0.2) is 32.8 Å². The van der Waals surface area contributed by atoms with Crippen LogP contribution in [0.4, 0.5) is 0 Å². The van der Waals surface area contributed by atoms with Gasteiger partial charge in [-0.15, -0.1) is 0 Å². The zero-order chi connectivity index (χ0) is 13.8. The second kappa shape index (κ2) is 5.93. The number of hydrogen-bond acceptors (Lipinski definition) is 5. The van der Waals surface area contributed by atoms with Crippen molar-refractivity contribution in [2.45, 2.75) is 25.3 Å². The molecule has 0 aliphatic heterocycles. The number of esters is 1. The minimum absolute atomic E-state index is 0.147. The SMILES string of the molecule is COC(=O)CCOc1cc2c(c(OC)c1)CC(N)C2. The molecule has 0 radical (unpaired) electrons. The van der Waals surface area contributed by atoms with Crippen molar-refractivity contribution in [2.24, 2.45) is 5.73 Å². The Labute approximate surface area is 112 Å². The number of fused-ring (bicyclic) bond motifs is 1. The van der Waals surface area contributed by atoms with E-state index >= 15 is 0 Å². The highest BCUT2D eigenvalue weighted by Gasteiger charge is 2.23. The van der Waals surface area contributed by atoms with Crippen molar-refractivity contribution in [1.29, 1.82) is 0 Å². The van der Waals surface area contributed by atoms with E-state index in [1.807, 2.05) is 12.1 Å². The first-order chi connectivity index (χ1) is 9.13. The maximum Gasteiger partial charge on any atom is 0.308 e. The Morgan fingerprint density at radius 3 is 2.84 bits per heavy atom. The van der Waals surface area contributed by atoms with Crippen LogP contribution in [0, 0.1) is 0 Å². The lowest BCUT2D eigenvalue weighted by Crippen LogP contribution is -2.19. The first-order valence-corrected chi connectivity index (χ1v) is 6.29. The van der Waals surface area contributed by atoms with Gasteiger partial charge in [-0.1, -0.05) is 0 Å². The molecule has 19 heavy (non-hydrogen) atoms. The van der Waals surface area contributed by atoms with Crippen molar-refractivity contribution in [3.8, 4) is 11.5 Å². The summed E-state index contributed by atoms with van der Waals surface area (Å²) >= 11 is 0. The van der Waals surface area contributed by atoms with Crippen molar-refractivity contribution in [3.63, 3.8) is 0 Å². The summed E-state index contributed by atoms with van der Waals surface area (Å²) in [5, 5.41) is 0. The third-order valence-corrected chi connectivity index (χ3v) is 3.25. The fourth-order valence-electron chi connectivity index (χ4n) is 2.33. The molecule has 1 unspecified atom stereocenters. The molecule has 0 bridgehead atoms. The van der Waals surface area contributed by atoms with Gasteiger partial charge in [-0.3, -0.25) is 4.79 Å². The van der Waals surface area contributed by atoms with Crippen LogP contribution < -0.4 is 15.2 Å². The van der Waals surface area contributed by atoms with E-state index in [9.17, 15) is 4.79 Å². The van der Waals surface area contributed by atoms with E-state index in [2.05, 4.69) is 4.74 Å². The van der Waals surface area contributed by atoms with Crippen LogP contribution in [0.5, 0.6) is 11.5 Å². The predicted octanol–water partition coefficient (Wildman–Crippen LogP) is 1.06. The highest BCUT2D eigenvalue weighted by molar-refractivity contribution is 5.69. The molecule has 0 saturated heterocycles. The quantitative estimate of drug-likeness (QED) is 0.806. The van der Waals surface area contributed by atoms with E-state index in [0.29, 0.717) is 12.4 Å². The number of rotatable bonds is 5. The monoisotopic (exact) mass is 265 g/mol. The Kier molecular flexibility index (Phi) is 4.27. The minimum Gasteiger partial charge on any atom is -0.496 e. The molecule has 2 rings (SSSR count). The molecule has 0 aromatic heterocycles. The van der Waals surface area contributed by atoms with Crippen LogP contribution in [0.1, 0.15) is 17.5 Å². The van der Waals surface area contributed by atoms with Gasteiger partial charge in [0, 0.05) is 12.1 Å². The van der Waals surface area contributed by atoms with Gasteiger partial charge < -0.3 is 19.9 Å². The van der Waals surface area contributed by atoms with Crippen molar-refractivity contribution in [1.82, 2.24) is 0 Å². The standard InChI is InChI=1S/C14H19NO4/c1-17-13-8-11(19-4-3-14(16)18-2)6-9-5-10(15)7-12(9)13/h6,8,10H,3-5,7,15H2,1-2H3. The molecule has 104 valence electrons. The number of nitrogens with two attached hydrogens (primary N) is 1. The van der Waals surface area contributed by atoms with Gasteiger partial charge in [0.2, 0.25) is 0 Å². The summed E-state index contributed by atoms with van der Waals surface area (Å²) in [4.78, 5) is 11.0. The zero-order valence-electron chi connectivity index (χ0n) is 11.3. The van der Waals surface area contributed by atoms with Crippen LogP contribution in [0.2, 0.25) is 0 Å². The highest BCUT2D eigenvalue weighted by atomic mass is 16.5. The number of hydrogen-bond donors (Lipinski definition) is 1. The Morgan fingerprint density at radius 2 is 2.16 bits per heavy atom. The fourth-order valence-corrected chi connectivity index (χ4v) is 2.33. The largest absolute Gasteiger partial charge is 0.496 e. The van der Waals surface area contributed by atoms with Gasteiger partial charge >= 0.3 is 5.97 Å². The molecule has 1 aliphatic carbocycles. The average Bonchev–Trinajstić information content (AvgIpc) is 2.77. The first kappa shape index (κ1) is 13.7. The van der Waals surface area contributed by atoms with Crippen LogP contribution in [0.25, 0.3) is 0 Å². The summed E-state index contributed by atoms with van der Waals surface area (Å²) in [7, 11) is 3.00. The molecule has 1 atom stereocenters. The number of ether oxygens (including phenoxy) is 3. The van der Waals surface area contributed by atoms with E-state index in [1.54, 1.807) is 7.11 Å². The van der Waals surface area contributed by atoms with Gasteiger partial charge in [0.1, 0.15) is 11.5 Å². The maximum absolute atomic E-state index is 11.0. The molecule has 0 amide bonds. The summed E-state index contributed by atoms with van der Waals surface area (Å²) < 4.78 is 15.5. The van der Waals surface area contributed by atoms with Gasteiger partial charge in [-0.05, 0) is 30.0 Å². The highest BCUT2D eigenvalue weighted by Crippen LogP contribution is 2.34. The number of methoxy groups -OCH3 is 2. The molecule has 5 nitrogen and oxygen atoms in total. The van der Waals surface area contributed by atoms with Crippen LogP contribution in [0.3, 0.4) is 0 Å². The third kappa shape index (κ3) is 3.17. The van der Waals surface area contributed by atoms with Crippen molar-refractivity contribution in [2.75, 3.05) is 20.8 Å². The van der Waals surface area contributed by atoms with Crippen LogP contribution in [-0.2, 0) is 22.4 Å². The molecular formula is C14H19NO4. The van der Waals surface area contributed by atoms with Gasteiger partial charge in [0.25, 0.3) is 0 Å². The third-order valence-electron chi connectivity index (χ3n) is 3.25. The number of carbonyl (C=O) groups is 1. The number of benzene rings is 1. The van der Waals surface area contributed by atoms with Gasteiger partial charge in [0.15, 0.2) is 0 Å². The molecule has 0 fully saturated rings. The van der Waals surface area contributed by atoms with Gasteiger partial charge in [0.05, 0.1) is 27.2 Å². The topological polar surface area (TPSA) is 70.8 Å². The Balaban J connectivity index is 2.06. The Morgan fingerprint density at radius 1 is 1.37 bits per heavy atom. The Bertz CT molecular complexity index is 473. The molecule has 1 aromatic carbocycles. The van der Waals surface area contributed by atoms with Crippen molar-refractivity contribution in [3.05, 3.63) is 23.3 Å². The second-order valence-electron chi connectivity index (χ2n) is 4.61. The summed E-state index contributed by atoms with van der Waals surface area (Å²) in [5.41, 5.74) is 8.29.